The molecule has 5 nitrogen and oxygen atoms in total. The van der Waals surface area contributed by atoms with Crippen LogP contribution in [0, 0.1) is 0 Å². The third kappa shape index (κ3) is 5.37. The summed E-state index contributed by atoms with van der Waals surface area (Å²) in [4.78, 5) is 21.6. The average Bonchev–Trinajstić information content (AvgIpc) is 2.18. The highest BCUT2D eigenvalue weighted by molar-refractivity contribution is 5.77. The van der Waals surface area contributed by atoms with Crippen LogP contribution in [0.2, 0.25) is 0 Å². The van der Waals surface area contributed by atoms with Crippen LogP contribution in [-0.4, -0.2) is 31.1 Å². The van der Waals surface area contributed by atoms with Crippen molar-refractivity contribution < 1.29 is 14.3 Å². The first-order chi connectivity index (χ1) is 7.18. The first kappa shape index (κ1) is 12.0. The van der Waals surface area contributed by atoms with Crippen LogP contribution in [0.1, 0.15) is 32.1 Å². The van der Waals surface area contributed by atoms with Crippen LogP contribution in [0.5, 0.6) is 0 Å². The standard InChI is InChI=1S/C10H18N2O3/c11-9(13)6-12-7-10(14)15-8-4-2-1-3-5-8/h8,12H,1-7H2,(H2,11,13). The number of nitrogens with one attached hydrogen (secondary N) is 1. The lowest BCUT2D eigenvalue weighted by molar-refractivity contribution is -0.149. The Hall–Kier alpha value is -1.10. The minimum absolute atomic E-state index is 0.0137. The zero-order valence-electron chi connectivity index (χ0n) is 8.83. The van der Waals surface area contributed by atoms with Crippen LogP contribution in [-0.2, 0) is 14.3 Å². The molecule has 0 bridgehead atoms. The van der Waals surface area contributed by atoms with Gasteiger partial charge in [-0.1, -0.05) is 6.42 Å². The second-order valence-corrected chi connectivity index (χ2v) is 3.82. The molecule has 0 atom stereocenters. The van der Waals surface area contributed by atoms with E-state index in [9.17, 15) is 9.59 Å². The van der Waals surface area contributed by atoms with E-state index in [1.54, 1.807) is 0 Å². The van der Waals surface area contributed by atoms with Crippen molar-refractivity contribution in [3.8, 4) is 0 Å². The Morgan fingerprint density at radius 3 is 2.47 bits per heavy atom. The smallest absolute Gasteiger partial charge is 0.320 e. The molecule has 0 aromatic carbocycles. The molecule has 0 aromatic heterocycles. The Balaban J connectivity index is 2.09. The van der Waals surface area contributed by atoms with E-state index in [1.165, 1.54) is 6.42 Å². The lowest BCUT2D eigenvalue weighted by Crippen LogP contribution is -2.34. The van der Waals surface area contributed by atoms with E-state index in [0.29, 0.717) is 0 Å². The van der Waals surface area contributed by atoms with Gasteiger partial charge < -0.3 is 10.5 Å². The number of hydrogen-bond acceptors (Lipinski definition) is 4. The van der Waals surface area contributed by atoms with E-state index in [2.05, 4.69) is 5.32 Å². The largest absolute Gasteiger partial charge is 0.461 e. The molecular formula is C10H18N2O3. The Morgan fingerprint density at radius 2 is 1.87 bits per heavy atom. The third-order valence-electron chi connectivity index (χ3n) is 2.42. The molecule has 5 heteroatoms. The maximum absolute atomic E-state index is 11.3. The molecule has 0 saturated heterocycles. The van der Waals surface area contributed by atoms with E-state index in [-0.39, 0.29) is 25.2 Å². The lowest BCUT2D eigenvalue weighted by atomic mass is 9.98. The minimum atomic E-state index is -0.472. The van der Waals surface area contributed by atoms with Crippen molar-refractivity contribution >= 4 is 11.9 Å². The topological polar surface area (TPSA) is 81.4 Å². The molecule has 3 N–H and O–H groups in total. The van der Waals surface area contributed by atoms with E-state index in [0.717, 1.165) is 25.7 Å². The normalized spacial score (nSPS) is 17.3. The van der Waals surface area contributed by atoms with Crippen molar-refractivity contribution in [1.29, 1.82) is 0 Å². The van der Waals surface area contributed by atoms with Crippen molar-refractivity contribution in [1.82, 2.24) is 5.32 Å². The van der Waals surface area contributed by atoms with E-state index >= 15 is 0 Å². The minimum Gasteiger partial charge on any atom is -0.461 e. The number of hydrogen-bond donors (Lipinski definition) is 2. The molecule has 0 aromatic rings. The monoisotopic (exact) mass is 214 g/mol. The van der Waals surface area contributed by atoms with Crippen LogP contribution in [0.25, 0.3) is 0 Å². The summed E-state index contributed by atoms with van der Waals surface area (Å²) in [5.74, 6) is -0.774. The average molecular weight is 214 g/mol. The Morgan fingerprint density at radius 1 is 1.20 bits per heavy atom. The van der Waals surface area contributed by atoms with Crippen molar-refractivity contribution in [2.45, 2.75) is 38.2 Å². The van der Waals surface area contributed by atoms with Gasteiger partial charge in [0.15, 0.2) is 0 Å². The van der Waals surface area contributed by atoms with Gasteiger partial charge in [-0.25, -0.2) is 0 Å². The molecular weight excluding hydrogens is 196 g/mol. The fraction of sp³-hybridized carbons (Fsp3) is 0.800. The predicted octanol–water partition coefficient (Wildman–Crippen LogP) is -0.0628. The SMILES string of the molecule is NC(=O)CNCC(=O)OC1CCCCC1. The molecule has 0 aliphatic heterocycles. The van der Waals surface area contributed by atoms with Gasteiger partial charge in [-0.15, -0.1) is 0 Å². The van der Waals surface area contributed by atoms with Gasteiger partial charge in [0.1, 0.15) is 6.10 Å². The highest BCUT2D eigenvalue weighted by Gasteiger charge is 2.17. The number of amides is 1. The van der Waals surface area contributed by atoms with Crippen molar-refractivity contribution in [3.63, 3.8) is 0 Å². The number of carbonyl (C=O) groups excluding carboxylic acids is 2. The fourth-order valence-corrected chi connectivity index (χ4v) is 1.70. The number of esters is 1. The predicted molar refractivity (Wildman–Crippen MR) is 55.0 cm³/mol. The molecule has 15 heavy (non-hydrogen) atoms. The molecule has 1 saturated carbocycles. The highest BCUT2D eigenvalue weighted by Crippen LogP contribution is 2.20. The third-order valence-corrected chi connectivity index (χ3v) is 2.42. The van der Waals surface area contributed by atoms with Crippen LogP contribution in [0.4, 0.5) is 0 Å². The number of carbonyl (C=O) groups is 2. The Bertz CT molecular complexity index is 225. The zero-order chi connectivity index (χ0) is 11.1. The van der Waals surface area contributed by atoms with Gasteiger partial charge >= 0.3 is 5.97 Å². The van der Waals surface area contributed by atoms with E-state index in [4.69, 9.17) is 10.5 Å². The van der Waals surface area contributed by atoms with Crippen LogP contribution in [0.15, 0.2) is 0 Å². The maximum Gasteiger partial charge on any atom is 0.320 e. The number of primary amides is 1. The molecule has 0 radical (unpaired) electrons. The van der Waals surface area contributed by atoms with Crippen molar-refractivity contribution in [3.05, 3.63) is 0 Å². The van der Waals surface area contributed by atoms with Gasteiger partial charge in [0, 0.05) is 0 Å². The summed E-state index contributed by atoms with van der Waals surface area (Å²) >= 11 is 0. The molecule has 1 aliphatic carbocycles. The van der Waals surface area contributed by atoms with Gasteiger partial charge in [0.05, 0.1) is 13.1 Å². The molecule has 1 amide bonds. The van der Waals surface area contributed by atoms with Crippen molar-refractivity contribution in [2.75, 3.05) is 13.1 Å². The summed E-state index contributed by atoms with van der Waals surface area (Å²) in [6.07, 6.45) is 5.48. The molecule has 0 unspecified atom stereocenters. The van der Waals surface area contributed by atoms with Crippen LogP contribution < -0.4 is 11.1 Å². The van der Waals surface area contributed by atoms with E-state index < -0.39 is 5.91 Å². The van der Waals surface area contributed by atoms with Gasteiger partial charge in [-0.2, -0.15) is 0 Å². The number of nitrogens with two attached hydrogens (primary N) is 1. The summed E-state index contributed by atoms with van der Waals surface area (Å²) in [6.45, 7) is 0.0687. The fourth-order valence-electron chi connectivity index (χ4n) is 1.70. The van der Waals surface area contributed by atoms with Gasteiger partial charge in [-0.3, -0.25) is 14.9 Å². The maximum atomic E-state index is 11.3. The van der Waals surface area contributed by atoms with Gasteiger partial charge in [0.2, 0.25) is 5.91 Å². The molecule has 0 heterocycles. The second kappa shape index (κ2) is 6.40. The Labute approximate surface area is 89.3 Å². The number of rotatable bonds is 5. The molecule has 86 valence electrons. The molecule has 1 aliphatic rings. The van der Waals surface area contributed by atoms with Gasteiger partial charge in [-0.05, 0) is 25.7 Å². The van der Waals surface area contributed by atoms with Gasteiger partial charge in [0.25, 0.3) is 0 Å². The zero-order valence-corrected chi connectivity index (χ0v) is 8.83. The summed E-state index contributed by atoms with van der Waals surface area (Å²) < 4.78 is 5.22. The summed E-state index contributed by atoms with van der Waals surface area (Å²) in [5, 5.41) is 2.63. The van der Waals surface area contributed by atoms with E-state index in [1.807, 2.05) is 0 Å². The quantitative estimate of drug-likeness (QED) is 0.628. The second-order valence-electron chi connectivity index (χ2n) is 3.82. The number of ether oxygens (including phenoxy) is 1. The Kier molecular flexibility index (Phi) is 5.10. The van der Waals surface area contributed by atoms with Crippen molar-refractivity contribution in [2.24, 2.45) is 5.73 Å². The highest BCUT2D eigenvalue weighted by atomic mass is 16.5. The van der Waals surface area contributed by atoms with Crippen LogP contribution >= 0.6 is 0 Å². The van der Waals surface area contributed by atoms with Crippen LogP contribution in [0.3, 0.4) is 0 Å². The molecule has 0 spiro atoms. The first-order valence-electron chi connectivity index (χ1n) is 5.37. The molecule has 1 rings (SSSR count). The first-order valence-corrected chi connectivity index (χ1v) is 5.37. The summed E-state index contributed by atoms with van der Waals surface area (Å²) in [7, 11) is 0. The summed E-state index contributed by atoms with van der Waals surface area (Å²) in [5.41, 5.74) is 4.91. The lowest BCUT2D eigenvalue weighted by Gasteiger charge is -2.21. The summed E-state index contributed by atoms with van der Waals surface area (Å²) in [6, 6.07) is 0. The molecule has 1 fully saturated rings.